The normalized spacial score (nSPS) is 13.0. The van der Waals surface area contributed by atoms with Gasteiger partial charge in [-0.25, -0.2) is 16.8 Å². The molecule has 0 unspecified atom stereocenters. The van der Waals surface area contributed by atoms with Crippen LogP contribution in [0.25, 0.3) is 4.13 Å². The summed E-state index contributed by atoms with van der Waals surface area (Å²) in [6, 6.07) is 0. The molecule has 6 nitrogen and oxygen atoms in total. The van der Waals surface area contributed by atoms with Crippen molar-refractivity contribution in [1.82, 2.24) is 0 Å². The summed E-state index contributed by atoms with van der Waals surface area (Å²) < 4.78 is 111. The Bertz CT molecular complexity index is 886. The van der Waals surface area contributed by atoms with Gasteiger partial charge in [0.2, 0.25) is 0 Å². The molecule has 14 heteroatoms. The van der Waals surface area contributed by atoms with Crippen molar-refractivity contribution in [2.45, 2.75) is 193 Å². The van der Waals surface area contributed by atoms with E-state index >= 15 is 0 Å². The molecule has 0 rings (SSSR count). The van der Waals surface area contributed by atoms with Crippen LogP contribution in [0.3, 0.4) is 0 Å². The number of hydrogen-bond donors (Lipinski definition) is 0. The van der Waals surface area contributed by atoms with Gasteiger partial charge in [-0.2, -0.15) is 26.3 Å². The molecule has 0 atom stereocenters. The molecule has 292 valence electrons. The van der Waals surface area contributed by atoms with Gasteiger partial charge in [-0.3, -0.25) is 0 Å². The van der Waals surface area contributed by atoms with E-state index in [1.54, 1.807) is 0 Å². The second-order valence-electron chi connectivity index (χ2n) is 13.2. The maximum Gasteiger partial charge on any atom is 0.480 e. The minimum absolute atomic E-state index is 0.778. The lowest BCUT2D eigenvalue weighted by atomic mass is 10.0. The van der Waals surface area contributed by atoms with Gasteiger partial charge in [-0.15, -0.1) is 0 Å². The van der Waals surface area contributed by atoms with E-state index in [1.807, 2.05) is 0 Å². The molecule has 0 saturated carbocycles. The van der Waals surface area contributed by atoms with E-state index in [-0.39, 0.29) is 0 Å². The van der Waals surface area contributed by atoms with E-state index in [9.17, 15) is 43.2 Å². The quantitative estimate of drug-likeness (QED) is 0.0416. The molecule has 0 spiro atoms. The standard InChI is InChI=1S/C32H68N.C2F6NO4S2/c1-5-9-13-17-18-19-20-21-22-23-24-28-32-33(29-25-14-10-6-2,30-26-15-11-7-3)31-27-16-12-8-4;3-1(4,5)14(10,11)9-15(12,13)2(6,7)8/h5-32H2,1-4H3;/q+1;-1. The van der Waals surface area contributed by atoms with Crippen LogP contribution in [-0.4, -0.2) is 58.5 Å². The van der Waals surface area contributed by atoms with Crippen molar-refractivity contribution in [1.29, 1.82) is 0 Å². The lowest BCUT2D eigenvalue weighted by molar-refractivity contribution is -0.929. The maximum absolute atomic E-state index is 11.4. The molecule has 0 aromatic carbocycles. The first-order chi connectivity index (χ1) is 22.4. The van der Waals surface area contributed by atoms with Crippen molar-refractivity contribution in [2.24, 2.45) is 0 Å². The first kappa shape index (κ1) is 49.5. The summed E-state index contributed by atoms with van der Waals surface area (Å²) in [5.74, 6) is 0. The Kier molecular flexibility index (Phi) is 28.9. The van der Waals surface area contributed by atoms with Crippen molar-refractivity contribution in [3.05, 3.63) is 4.13 Å². The predicted octanol–water partition coefficient (Wildman–Crippen LogP) is 12.3. The predicted molar refractivity (Wildman–Crippen MR) is 187 cm³/mol. The van der Waals surface area contributed by atoms with E-state index in [0.29, 0.717) is 0 Å². The highest BCUT2D eigenvalue weighted by Crippen LogP contribution is 2.36. The Morgan fingerprint density at radius 2 is 0.562 bits per heavy atom. The molecule has 0 aromatic rings. The van der Waals surface area contributed by atoms with Gasteiger partial charge >= 0.3 is 11.0 Å². The highest BCUT2D eigenvalue weighted by molar-refractivity contribution is 8.13. The number of rotatable bonds is 30. The fourth-order valence-electron chi connectivity index (χ4n) is 5.79. The second kappa shape index (κ2) is 28.0. The summed E-state index contributed by atoms with van der Waals surface area (Å²) in [5, 5.41) is 0. The van der Waals surface area contributed by atoms with Crippen LogP contribution in [0.2, 0.25) is 0 Å². The Balaban J connectivity index is 0. The van der Waals surface area contributed by atoms with E-state index in [2.05, 4.69) is 27.7 Å². The largest absolute Gasteiger partial charge is 0.480 e. The van der Waals surface area contributed by atoms with E-state index < -0.39 is 31.1 Å². The lowest BCUT2D eigenvalue weighted by Crippen LogP contribution is -2.50. The average molecular weight is 747 g/mol. The summed E-state index contributed by atoms with van der Waals surface area (Å²) in [6.45, 7) is 15.2. The van der Waals surface area contributed by atoms with Crippen LogP contribution in [0.1, 0.15) is 182 Å². The van der Waals surface area contributed by atoms with Crippen LogP contribution < -0.4 is 0 Å². The minimum Gasteiger partial charge on any atom is -0.421 e. The van der Waals surface area contributed by atoms with Crippen molar-refractivity contribution in [2.75, 3.05) is 26.2 Å². The van der Waals surface area contributed by atoms with E-state index in [1.165, 1.54) is 185 Å². The Morgan fingerprint density at radius 1 is 0.375 bits per heavy atom. The van der Waals surface area contributed by atoms with Gasteiger partial charge in [0.15, 0.2) is 20.0 Å². The number of quaternary nitrogens is 1. The van der Waals surface area contributed by atoms with Crippen LogP contribution in [-0.2, 0) is 20.0 Å². The molecular weight excluding hydrogens is 679 g/mol. The zero-order valence-corrected chi connectivity index (χ0v) is 32.0. The number of hydrogen-bond acceptors (Lipinski definition) is 4. The lowest BCUT2D eigenvalue weighted by Gasteiger charge is -2.39. The number of alkyl halides is 6. The third kappa shape index (κ3) is 25.4. The molecule has 0 aliphatic rings. The summed E-state index contributed by atoms with van der Waals surface area (Å²) >= 11 is 0. The number of sulfonamides is 2. The second-order valence-corrected chi connectivity index (χ2v) is 16.6. The van der Waals surface area contributed by atoms with Gasteiger partial charge in [0.1, 0.15) is 0 Å². The first-order valence-electron chi connectivity index (χ1n) is 18.7. The fraction of sp³-hybridized carbons (Fsp3) is 1.00. The monoisotopic (exact) mass is 746 g/mol. The highest BCUT2D eigenvalue weighted by Gasteiger charge is 2.47. The molecule has 0 radical (unpaired) electrons. The third-order valence-corrected chi connectivity index (χ3v) is 11.5. The first-order valence-corrected chi connectivity index (χ1v) is 21.5. The van der Waals surface area contributed by atoms with Crippen molar-refractivity contribution >= 4 is 20.0 Å². The van der Waals surface area contributed by atoms with Gasteiger partial charge in [0.05, 0.1) is 26.2 Å². The summed E-state index contributed by atoms with van der Waals surface area (Å²) in [4.78, 5) is 0. The molecule has 0 aromatic heterocycles. The smallest absolute Gasteiger partial charge is 0.421 e. The Hall–Kier alpha value is -0.600. The molecule has 0 aliphatic carbocycles. The van der Waals surface area contributed by atoms with Gasteiger partial charge in [0.25, 0.3) is 0 Å². The molecule has 0 heterocycles. The molecule has 0 bridgehead atoms. The van der Waals surface area contributed by atoms with Crippen LogP contribution >= 0.6 is 0 Å². The van der Waals surface area contributed by atoms with Crippen LogP contribution in [0, 0.1) is 0 Å². The van der Waals surface area contributed by atoms with Crippen molar-refractivity contribution in [3.63, 3.8) is 0 Å². The zero-order chi connectivity index (χ0) is 37.0. The SMILES string of the molecule is CCCCCCCCCCCCCC[N+](CCCCCC)(CCCCCC)CCCCCC.O=S(=O)([N-]S(=O)(=O)C(F)(F)F)C(F)(F)F. The summed E-state index contributed by atoms with van der Waals surface area (Å²) in [6.07, 6.45) is 34.8. The number of unbranched alkanes of at least 4 members (excludes halogenated alkanes) is 20. The Labute approximate surface area is 290 Å². The molecular formula is C34H68F6N2O4S2. The van der Waals surface area contributed by atoms with Crippen LogP contribution in [0.15, 0.2) is 0 Å². The average Bonchev–Trinajstić information content (AvgIpc) is 2.99. The number of halogens is 6. The van der Waals surface area contributed by atoms with E-state index in [4.69, 9.17) is 0 Å². The number of nitrogens with zero attached hydrogens (tertiary/aromatic N) is 2. The molecule has 0 saturated heterocycles. The van der Waals surface area contributed by atoms with Crippen LogP contribution in [0.4, 0.5) is 26.3 Å². The zero-order valence-electron chi connectivity index (χ0n) is 30.4. The summed E-state index contributed by atoms with van der Waals surface area (Å²) in [7, 11) is -13.4. The molecule has 48 heavy (non-hydrogen) atoms. The molecule has 0 N–H and O–H groups in total. The van der Waals surface area contributed by atoms with Gasteiger partial charge in [-0.05, 0) is 51.4 Å². The van der Waals surface area contributed by atoms with Gasteiger partial charge < -0.3 is 8.61 Å². The van der Waals surface area contributed by atoms with Gasteiger partial charge in [0, 0.05) is 0 Å². The fourth-order valence-corrected chi connectivity index (χ4v) is 7.50. The third-order valence-electron chi connectivity index (χ3n) is 8.73. The Morgan fingerprint density at radius 3 is 0.771 bits per heavy atom. The van der Waals surface area contributed by atoms with E-state index in [0.717, 1.165) is 4.13 Å². The minimum atomic E-state index is -6.72. The van der Waals surface area contributed by atoms with Gasteiger partial charge in [-0.1, -0.05) is 130 Å². The molecule has 0 fully saturated rings. The summed E-state index contributed by atoms with van der Waals surface area (Å²) in [5.41, 5.74) is -12.4. The van der Waals surface area contributed by atoms with Crippen molar-refractivity contribution < 1.29 is 47.7 Å². The maximum atomic E-state index is 11.4. The molecule has 0 aliphatic heterocycles. The topological polar surface area (TPSA) is 82.4 Å². The van der Waals surface area contributed by atoms with Crippen LogP contribution in [0.5, 0.6) is 0 Å². The molecule has 0 amide bonds. The highest BCUT2D eigenvalue weighted by atomic mass is 32.3. The van der Waals surface area contributed by atoms with Crippen molar-refractivity contribution in [3.8, 4) is 0 Å².